The first-order chi connectivity index (χ1) is 13.2. The lowest BCUT2D eigenvalue weighted by atomic mass is 9.87. The predicted octanol–water partition coefficient (Wildman–Crippen LogP) is 4.67. The molecule has 3 N–H and O–H groups in total. The van der Waals surface area contributed by atoms with Gasteiger partial charge >= 0.3 is 6.18 Å². The lowest BCUT2D eigenvalue weighted by molar-refractivity contribution is -0.137. The van der Waals surface area contributed by atoms with E-state index >= 15 is 0 Å². The van der Waals surface area contributed by atoms with Gasteiger partial charge in [-0.05, 0) is 48.9 Å². The van der Waals surface area contributed by atoms with Crippen LogP contribution in [0.3, 0.4) is 0 Å². The molecule has 0 unspecified atom stereocenters. The lowest BCUT2D eigenvalue weighted by Crippen LogP contribution is -2.14. The lowest BCUT2D eigenvalue weighted by Gasteiger charge is -2.20. The van der Waals surface area contributed by atoms with Crippen LogP contribution in [-0.4, -0.2) is 15.9 Å². The average molecular weight is 406 g/mol. The monoisotopic (exact) mass is 406 g/mol. The molecule has 0 aromatic carbocycles. The van der Waals surface area contributed by atoms with Gasteiger partial charge in [-0.3, -0.25) is 4.79 Å². The summed E-state index contributed by atoms with van der Waals surface area (Å²) in [6, 6.07) is 3.99. The number of nitrogen functional groups attached to an aromatic ring is 1. The molecule has 3 aromatic heterocycles. The molecule has 1 atom stereocenters. The third-order valence-corrected chi connectivity index (χ3v) is 5.98. The summed E-state index contributed by atoms with van der Waals surface area (Å²) in [6.07, 6.45) is -0.875. The Bertz CT molecular complexity index is 1060. The summed E-state index contributed by atoms with van der Waals surface area (Å²) < 4.78 is 37.9. The van der Waals surface area contributed by atoms with Crippen molar-refractivity contribution in [3.63, 3.8) is 0 Å². The molecule has 0 fully saturated rings. The minimum Gasteiger partial charge on any atom is -0.397 e. The van der Waals surface area contributed by atoms with E-state index in [9.17, 15) is 18.0 Å². The number of carbonyl (C=O) groups is 1. The van der Waals surface area contributed by atoms with Crippen molar-refractivity contribution in [1.82, 2.24) is 9.97 Å². The van der Waals surface area contributed by atoms with Crippen molar-refractivity contribution in [3.8, 4) is 0 Å². The van der Waals surface area contributed by atoms with Crippen molar-refractivity contribution in [2.45, 2.75) is 32.4 Å². The number of hydrogen-bond donors (Lipinski definition) is 2. The van der Waals surface area contributed by atoms with Gasteiger partial charge in [0, 0.05) is 17.3 Å². The minimum atomic E-state index is -4.48. The Balaban J connectivity index is 1.61. The second-order valence-electron chi connectivity index (χ2n) is 7.02. The van der Waals surface area contributed by atoms with E-state index in [-0.39, 0.29) is 10.7 Å². The Morgan fingerprint density at radius 2 is 2.14 bits per heavy atom. The molecule has 0 aliphatic heterocycles. The number of thiophene rings is 1. The number of aromatic nitrogens is 2. The number of nitrogens with two attached hydrogens (primary N) is 1. The first-order valence-electron chi connectivity index (χ1n) is 8.77. The van der Waals surface area contributed by atoms with E-state index in [1.807, 2.05) is 6.07 Å². The van der Waals surface area contributed by atoms with Gasteiger partial charge in [0.1, 0.15) is 15.5 Å². The molecule has 0 radical (unpaired) electrons. The van der Waals surface area contributed by atoms with Gasteiger partial charge in [-0.15, -0.1) is 11.3 Å². The highest BCUT2D eigenvalue weighted by molar-refractivity contribution is 7.21. The van der Waals surface area contributed by atoms with Crippen LogP contribution < -0.4 is 11.1 Å². The van der Waals surface area contributed by atoms with E-state index in [1.165, 1.54) is 11.3 Å². The van der Waals surface area contributed by atoms with Crippen molar-refractivity contribution >= 4 is 39.0 Å². The van der Waals surface area contributed by atoms with Crippen molar-refractivity contribution < 1.29 is 18.0 Å². The molecule has 0 spiro atoms. The third-order valence-electron chi connectivity index (χ3n) is 4.87. The summed E-state index contributed by atoms with van der Waals surface area (Å²) in [5.74, 6) is 0.0927. The zero-order valence-electron chi connectivity index (χ0n) is 14.9. The molecule has 1 aliphatic carbocycles. The number of amides is 1. The molecule has 0 saturated carbocycles. The standard InChI is InChI=1S/C19H17F3N4OS/c1-9-2-4-13-10(6-9)7-12-15(23)16(28-18(12)25-13)17(27)26-14-5-3-11(8-24-14)19(20,21)22/h3,5,7-9H,2,4,6,23H2,1H3,(H,24,26,27)/t9-/m0/s1. The van der Waals surface area contributed by atoms with E-state index in [0.717, 1.165) is 48.0 Å². The summed E-state index contributed by atoms with van der Waals surface area (Å²) >= 11 is 1.18. The van der Waals surface area contributed by atoms with Gasteiger partial charge in [0.05, 0.1) is 11.3 Å². The molecule has 5 nitrogen and oxygen atoms in total. The minimum absolute atomic E-state index is 0.0240. The molecule has 0 bridgehead atoms. The average Bonchev–Trinajstić information content (AvgIpc) is 2.96. The number of pyridine rings is 2. The van der Waals surface area contributed by atoms with Crippen LogP contribution in [0.2, 0.25) is 0 Å². The normalized spacial score (nSPS) is 16.8. The Kier molecular flexibility index (Phi) is 4.49. The van der Waals surface area contributed by atoms with Gasteiger partial charge in [-0.1, -0.05) is 6.92 Å². The van der Waals surface area contributed by atoms with E-state index in [2.05, 4.69) is 22.2 Å². The summed E-state index contributed by atoms with van der Waals surface area (Å²) in [4.78, 5) is 21.9. The number of fused-ring (bicyclic) bond motifs is 2. The summed E-state index contributed by atoms with van der Waals surface area (Å²) in [6.45, 7) is 2.19. The van der Waals surface area contributed by atoms with Crippen LogP contribution in [0.1, 0.15) is 39.8 Å². The maximum Gasteiger partial charge on any atom is 0.417 e. The quantitative estimate of drug-likeness (QED) is 0.648. The van der Waals surface area contributed by atoms with Crippen LogP contribution in [0.4, 0.5) is 24.7 Å². The van der Waals surface area contributed by atoms with Crippen molar-refractivity contribution in [1.29, 1.82) is 0 Å². The molecular weight excluding hydrogens is 389 g/mol. The summed E-state index contributed by atoms with van der Waals surface area (Å²) in [5, 5.41) is 3.24. The molecule has 146 valence electrons. The fourth-order valence-corrected chi connectivity index (χ4v) is 4.34. The molecule has 0 saturated heterocycles. The maximum absolute atomic E-state index is 12.6. The second-order valence-corrected chi connectivity index (χ2v) is 8.02. The molecule has 1 amide bonds. The maximum atomic E-state index is 12.6. The highest BCUT2D eigenvalue weighted by atomic mass is 32.1. The van der Waals surface area contributed by atoms with Gasteiger partial charge in [0.15, 0.2) is 0 Å². The van der Waals surface area contributed by atoms with E-state index in [4.69, 9.17) is 5.73 Å². The topological polar surface area (TPSA) is 80.9 Å². The van der Waals surface area contributed by atoms with Gasteiger partial charge < -0.3 is 11.1 Å². The number of alkyl halides is 3. The Hall–Kier alpha value is -2.68. The summed E-state index contributed by atoms with van der Waals surface area (Å²) in [7, 11) is 0. The van der Waals surface area contributed by atoms with E-state index in [0.29, 0.717) is 22.6 Å². The number of halogens is 3. The van der Waals surface area contributed by atoms with Crippen LogP contribution in [0.25, 0.3) is 10.2 Å². The Labute approximate surface area is 162 Å². The smallest absolute Gasteiger partial charge is 0.397 e. The Morgan fingerprint density at radius 3 is 2.82 bits per heavy atom. The predicted molar refractivity (Wildman–Crippen MR) is 102 cm³/mol. The van der Waals surface area contributed by atoms with Gasteiger partial charge in [-0.2, -0.15) is 13.2 Å². The molecule has 3 heterocycles. The third kappa shape index (κ3) is 3.42. The van der Waals surface area contributed by atoms with Crippen molar-refractivity contribution in [2.24, 2.45) is 5.92 Å². The molecule has 1 aliphatic rings. The van der Waals surface area contributed by atoms with E-state index in [1.54, 1.807) is 0 Å². The molecule has 3 aromatic rings. The van der Waals surface area contributed by atoms with Crippen molar-refractivity contribution in [3.05, 3.63) is 46.1 Å². The zero-order valence-corrected chi connectivity index (χ0v) is 15.7. The van der Waals surface area contributed by atoms with Crippen LogP contribution >= 0.6 is 11.3 Å². The second kappa shape index (κ2) is 6.73. The van der Waals surface area contributed by atoms with E-state index < -0.39 is 17.6 Å². The zero-order chi connectivity index (χ0) is 20.1. The number of carbonyl (C=O) groups excluding carboxylic acids is 1. The number of rotatable bonds is 2. The molecule has 9 heteroatoms. The van der Waals surface area contributed by atoms with Crippen molar-refractivity contribution in [2.75, 3.05) is 11.1 Å². The number of nitrogens with zero attached hydrogens (tertiary/aromatic N) is 2. The number of hydrogen-bond acceptors (Lipinski definition) is 5. The van der Waals surface area contributed by atoms with Crippen LogP contribution in [-0.2, 0) is 19.0 Å². The molecule has 28 heavy (non-hydrogen) atoms. The number of nitrogens with one attached hydrogen (secondary N) is 1. The highest BCUT2D eigenvalue weighted by Crippen LogP contribution is 2.36. The SMILES string of the molecule is C[C@H]1CCc2nc3sc(C(=O)Nc4ccc(C(F)(F)F)cn4)c(N)c3cc2C1. The van der Waals surface area contributed by atoms with Crippen LogP contribution in [0.5, 0.6) is 0 Å². The van der Waals surface area contributed by atoms with Gasteiger partial charge in [0.2, 0.25) is 0 Å². The first kappa shape index (κ1) is 18.7. The van der Waals surface area contributed by atoms with Crippen LogP contribution in [0, 0.1) is 5.92 Å². The van der Waals surface area contributed by atoms with Gasteiger partial charge in [0.25, 0.3) is 5.91 Å². The van der Waals surface area contributed by atoms with Gasteiger partial charge in [-0.25, -0.2) is 9.97 Å². The Morgan fingerprint density at radius 1 is 1.36 bits per heavy atom. The molecular formula is C19H17F3N4OS. The largest absolute Gasteiger partial charge is 0.417 e. The highest BCUT2D eigenvalue weighted by Gasteiger charge is 2.30. The fraction of sp³-hybridized carbons (Fsp3) is 0.316. The molecule has 4 rings (SSSR count). The first-order valence-corrected chi connectivity index (χ1v) is 9.59. The fourth-order valence-electron chi connectivity index (χ4n) is 3.35. The number of aryl methyl sites for hydroxylation is 1. The van der Waals surface area contributed by atoms with Crippen LogP contribution in [0.15, 0.2) is 24.4 Å². The number of anilines is 2. The summed E-state index contributed by atoms with van der Waals surface area (Å²) in [5.41, 5.74) is 7.84.